The van der Waals surface area contributed by atoms with Gasteiger partial charge >= 0.3 is 5.97 Å². The molecule has 1 aliphatic carbocycles. The summed E-state index contributed by atoms with van der Waals surface area (Å²) in [5.41, 5.74) is 2.96. The van der Waals surface area contributed by atoms with Crippen LogP contribution in [0.25, 0.3) is 5.57 Å². The van der Waals surface area contributed by atoms with Crippen molar-refractivity contribution in [1.82, 2.24) is 0 Å². The second kappa shape index (κ2) is 4.62. The summed E-state index contributed by atoms with van der Waals surface area (Å²) in [6.07, 6.45) is 3.51. The molecule has 0 unspecified atom stereocenters. The van der Waals surface area contributed by atoms with Crippen molar-refractivity contribution in [2.24, 2.45) is 5.92 Å². The van der Waals surface area contributed by atoms with Gasteiger partial charge in [-0.25, -0.2) is 4.79 Å². The smallest absolute Gasteiger partial charge is 0.328 e. The fraction of sp³-hybridized carbons (Fsp3) is 0.357. The maximum Gasteiger partial charge on any atom is 0.328 e. The fourth-order valence-corrected chi connectivity index (χ4v) is 2.02. The summed E-state index contributed by atoms with van der Waals surface area (Å²) < 4.78 is 5.20. The third-order valence-electron chi connectivity index (χ3n) is 3.02. The highest BCUT2D eigenvalue weighted by Crippen LogP contribution is 2.42. The van der Waals surface area contributed by atoms with Crippen molar-refractivity contribution in [2.45, 2.75) is 19.8 Å². The Bertz CT molecular complexity index is 470. The third kappa shape index (κ3) is 2.67. The standard InChI is InChI=1S/C14H16O3/c1-9-7-11(5-6-13(9)17-2)12(8-14(15)16)10-3-4-10/h5-8,10H,3-4H2,1-2H3,(H,15,16). The summed E-state index contributed by atoms with van der Waals surface area (Å²) in [7, 11) is 1.64. The molecule has 0 aliphatic heterocycles. The Morgan fingerprint density at radius 2 is 2.18 bits per heavy atom. The van der Waals surface area contributed by atoms with Crippen LogP contribution in [0.2, 0.25) is 0 Å². The monoisotopic (exact) mass is 232 g/mol. The molecule has 1 fully saturated rings. The summed E-state index contributed by atoms with van der Waals surface area (Å²) in [5, 5.41) is 8.89. The molecule has 1 saturated carbocycles. The minimum absolute atomic E-state index is 0.416. The highest BCUT2D eigenvalue weighted by molar-refractivity contribution is 5.91. The predicted octanol–water partition coefficient (Wildman–Crippen LogP) is 2.88. The molecular formula is C14H16O3. The first-order valence-electron chi connectivity index (χ1n) is 5.71. The van der Waals surface area contributed by atoms with Gasteiger partial charge in [0.2, 0.25) is 0 Å². The van der Waals surface area contributed by atoms with Crippen molar-refractivity contribution >= 4 is 11.5 Å². The van der Waals surface area contributed by atoms with Gasteiger partial charge in [0.1, 0.15) is 5.75 Å². The van der Waals surface area contributed by atoms with Crippen molar-refractivity contribution in [3.05, 3.63) is 35.4 Å². The predicted molar refractivity (Wildman–Crippen MR) is 66.1 cm³/mol. The lowest BCUT2D eigenvalue weighted by Gasteiger charge is -2.09. The average Bonchev–Trinajstić information content (AvgIpc) is 3.09. The van der Waals surface area contributed by atoms with Gasteiger partial charge in [0.15, 0.2) is 0 Å². The highest BCUT2D eigenvalue weighted by atomic mass is 16.5. The number of aliphatic carboxylic acids is 1. The van der Waals surface area contributed by atoms with E-state index in [0.717, 1.165) is 35.3 Å². The van der Waals surface area contributed by atoms with Crippen LogP contribution >= 0.6 is 0 Å². The van der Waals surface area contributed by atoms with E-state index in [1.54, 1.807) is 7.11 Å². The first-order valence-corrected chi connectivity index (χ1v) is 5.71. The number of hydrogen-bond acceptors (Lipinski definition) is 2. The van der Waals surface area contributed by atoms with E-state index in [2.05, 4.69) is 0 Å². The number of hydrogen-bond donors (Lipinski definition) is 1. The number of carboxylic acids is 1. The van der Waals surface area contributed by atoms with Crippen LogP contribution in [0.5, 0.6) is 5.75 Å². The largest absolute Gasteiger partial charge is 0.496 e. The number of carbonyl (C=O) groups is 1. The summed E-state index contributed by atoms with van der Waals surface area (Å²) in [4.78, 5) is 10.8. The molecule has 0 amide bonds. The number of methoxy groups -OCH3 is 1. The van der Waals surface area contributed by atoms with E-state index in [-0.39, 0.29) is 0 Å². The van der Waals surface area contributed by atoms with Crippen LogP contribution in [0.1, 0.15) is 24.0 Å². The zero-order valence-corrected chi connectivity index (χ0v) is 10.1. The normalized spacial score (nSPS) is 15.8. The lowest BCUT2D eigenvalue weighted by atomic mass is 9.99. The van der Waals surface area contributed by atoms with Crippen LogP contribution in [0, 0.1) is 12.8 Å². The van der Waals surface area contributed by atoms with Gasteiger partial charge in [-0.1, -0.05) is 6.07 Å². The van der Waals surface area contributed by atoms with Crippen LogP contribution in [-0.2, 0) is 4.79 Å². The molecule has 0 atom stereocenters. The molecule has 3 heteroatoms. The summed E-state index contributed by atoms with van der Waals surface area (Å²) >= 11 is 0. The van der Waals surface area contributed by atoms with Crippen molar-refractivity contribution in [1.29, 1.82) is 0 Å². The van der Waals surface area contributed by atoms with Gasteiger partial charge in [0.05, 0.1) is 7.11 Å². The van der Waals surface area contributed by atoms with E-state index >= 15 is 0 Å². The molecule has 0 aromatic heterocycles. The van der Waals surface area contributed by atoms with E-state index in [0.29, 0.717) is 5.92 Å². The van der Waals surface area contributed by atoms with Crippen molar-refractivity contribution < 1.29 is 14.6 Å². The third-order valence-corrected chi connectivity index (χ3v) is 3.02. The molecule has 1 aromatic carbocycles. The number of carboxylic acid groups (broad SMARTS) is 1. The van der Waals surface area contributed by atoms with E-state index in [9.17, 15) is 4.79 Å². The summed E-state index contributed by atoms with van der Waals surface area (Å²) in [5.74, 6) is 0.374. The molecule has 3 nitrogen and oxygen atoms in total. The lowest BCUT2D eigenvalue weighted by molar-refractivity contribution is -0.131. The van der Waals surface area contributed by atoms with Crippen LogP contribution < -0.4 is 4.74 Å². The van der Waals surface area contributed by atoms with E-state index < -0.39 is 5.97 Å². The van der Waals surface area contributed by atoms with Gasteiger partial charge in [0.25, 0.3) is 0 Å². The fourth-order valence-electron chi connectivity index (χ4n) is 2.02. The first kappa shape index (κ1) is 11.7. The Kier molecular flexibility index (Phi) is 3.18. The molecule has 2 rings (SSSR count). The minimum atomic E-state index is -0.875. The van der Waals surface area contributed by atoms with Crippen molar-refractivity contribution in [3.63, 3.8) is 0 Å². The van der Waals surface area contributed by atoms with Gasteiger partial charge < -0.3 is 9.84 Å². The van der Waals surface area contributed by atoms with Crippen molar-refractivity contribution in [3.8, 4) is 5.75 Å². The molecule has 0 spiro atoms. The Balaban J connectivity index is 2.37. The quantitative estimate of drug-likeness (QED) is 0.812. The average molecular weight is 232 g/mol. The van der Waals surface area contributed by atoms with E-state index in [1.807, 2.05) is 25.1 Å². The molecule has 90 valence electrons. The lowest BCUT2D eigenvalue weighted by Crippen LogP contribution is -1.96. The molecule has 17 heavy (non-hydrogen) atoms. The van der Waals surface area contributed by atoms with Crippen LogP contribution in [0.3, 0.4) is 0 Å². The Labute approximate surface area is 101 Å². The molecule has 0 bridgehead atoms. The molecule has 1 aromatic rings. The highest BCUT2D eigenvalue weighted by Gasteiger charge is 2.27. The SMILES string of the molecule is COc1ccc(C(=CC(=O)O)C2CC2)cc1C. The molecule has 0 radical (unpaired) electrons. The van der Waals surface area contributed by atoms with Crippen LogP contribution in [0.15, 0.2) is 24.3 Å². The number of aryl methyl sites for hydroxylation is 1. The first-order chi connectivity index (χ1) is 8.11. The second-order valence-electron chi connectivity index (χ2n) is 4.40. The maximum absolute atomic E-state index is 10.8. The summed E-state index contributed by atoms with van der Waals surface area (Å²) in [6, 6.07) is 5.81. The molecule has 1 aliphatic rings. The van der Waals surface area contributed by atoms with Gasteiger partial charge in [-0.15, -0.1) is 0 Å². The van der Waals surface area contributed by atoms with Gasteiger partial charge in [-0.2, -0.15) is 0 Å². The molecular weight excluding hydrogens is 216 g/mol. The molecule has 0 saturated heterocycles. The van der Waals surface area contributed by atoms with E-state index in [1.165, 1.54) is 6.08 Å². The molecule has 1 N–H and O–H groups in total. The summed E-state index contributed by atoms with van der Waals surface area (Å²) in [6.45, 7) is 1.97. The van der Waals surface area contributed by atoms with Crippen LogP contribution in [-0.4, -0.2) is 18.2 Å². The zero-order valence-electron chi connectivity index (χ0n) is 10.1. The van der Waals surface area contributed by atoms with Gasteiger partial charge in [-0.3, -0.25) is 0 Å². The topological polar surface area (TPSA) is 46.5 Å². The Hall–Kier alpha value is -1.77. The number of allylic oxidation sites excluding steroid dienone is 1. The molecule has 0 heterocycles. The minimum Gasteiger partial charge on any atom is -0.496 e. The Morgan fingerprint density at radius 3 is 2.65 bits per heavy atom. The van der Waals surface area contributed by atoms with E-state index in [4.69, 9.17) is 9.84 Å². The van der Waals surface area contributed by atoms with Crippen molar-refractivity contribution in [2.75, 3.05) is 7.11 Å². The number of rotatable bonds is 4. The number of ether oxygens (including phenoxy) is 1. The number of benzene rings is 1. The van der Waals surface area contributed by atoms with Crippen LogP contribution in [0.4, 0.5) is 0 Å². The zero-order chi connectivity index (χ0) is 12.4. The van der Waals surface area contributed by atoms with Gasteiger partial charge in [-0.05, 0) is 54.5 Å². The Morgan fingerprint density at radius 1 is 1.47 bits per heavy atom. The van der Waals surface area contributed by atoms with Gasteiger partial charge in [0, 0.05) is 6.08 Å². The maximum atomic E-state index is 10.8. The second-order valence-corrected chi connectivity index (χ2v) is 4.40.